The van der Waals surface area contributed by atoms with Gasteiger partial charge < -0.3 is 24.0 Å². The monoisotopic (exact) mass is 497 g/mol. The number of rotatable bonds is 5. The zero-order chi connectivity index (χ0) is 25.3. The average molecular weight is 498 g/mol. The Morgan fingerprint density at radius 1 is 1.12 bits per heavy atom. The van der Waals surface area contributed by atoms with E-state index in [-0.39, 0.29) is 49.9 Å². The molecular weight excluding hydrogens is 466 g/mol. The normalized spacial score (nSPS) is 19.3. The molecule has 0 N–H and O–H groups in total. The lowest BCUT2D eigenvalue weighted by Crippen LogP contribution is -2.51. The van der Waals surface area contributed by atoms with Crippen LogP contribution in [0.1, 0.15) is 31.1 Å². The Kier molecular flexibility index (Phi) is 7.41. The maximum absolute atomic E-state index is 13.2. The van der Waals surface area contributed by atoms with Crippen LogP contribution in [-0.4, -0.2) is 101 Å². The van der Waals surface area contributed by atoms with Crippen LogP contribution in [0.5, 0.6) is 0 Å². The van der Waals surface area contributed by atoms with Gasteiger partial charge in [-0.25, -0.2) is 18.0 Å². The molecule has 2 saturated heterocycles. The fraction of sp³-hybridized carbons (Fsp3) is 0.591. The van der Waals surface area contributed by atoms with Gasteiger partial charge in [-0.1, -0.05) is 0 Å². The van der Waals surface area contributed by atoms with Crippen molar-refractivity contribution in [1.82, 2.24) is 9.80 Å². The summed E-state index contributed by atoms with van der Waals surface area (Å²) < 4.78 is 40.7. The predicted octanol–water partition coefficient (Wildman–Crippen LogP) is 1.75. The van der Waals surface area contributed by atoms with Gasteiger partial charge in [0.25, 0.3) is 5.91 Å². The van der Waals surface area contributed by atoms with E-state index >= 15 is 0 Å². The van der Waals surface area contributed by atoms with E-state index in [0.29, 0.717) is 5.69 Å². The number of cyclic esters (lactones) is 1. The van der Waals surface area contributed by atoms with Gasteiger partial charge in [0, 0.05) is 45.2 Å². The van der Waals surface area contributed by atoms with Gasteiger partial charge in [0.2, 0.25) is 0 Å². The van der Waals surface area contributed by atoms with Crippen molar-refractivity contribution >= 4 is 33.6 Å². The number of ether oxygens (including phenoxy) is 3. The van der Waals surface area contributed by atoms with Crippen molar-refractivity contribution in [2.24, 2.45) is 0 Å². The van der Waals surface area contributed by atoms with Crippen molar-refractivity contribution in [1.29, 1.82) is 0 Å². The number of sulfone groups is 1. The van der Waals surface area contributed by atoms with E-state index in [1.807, 2.05) is 0 Å². The summed E-state index contributed by atoms with van der Waals surface area (Å²) in [5.74, 6) is -0.465. The third kappa shape index (κ3) is 5.79. The minimum Gasteiger partial charge on any atom is -0.447 e. The summed E-state index contributed by atoms with van der Waals surface area (Å²) in [6, 6.07) is 3.83. The average Bonchev–Trinajstić information content (AvgIpc) is 3.11. The van der Waals surface area contributed by atoms with Crippen molar-refractivity contribution in [2.45, 2.75) is 37.3 Å². The van der Waals surface area contributed by atoms with Crippen LogP contribution in [0.15, 0.2) is 23.1 Å². The number of piperazine rings is 1. The fourth-order valence-electron chi connectivity index (χ4n) is 3.83. The van der Waals surface area contributed by atoms with Crippen LogP contribution in [0.2, 0.25) is 0 Å². The van der Waals surface area contributed by atoms with Crippen LogP contribution in [0.25, 0.3) is 0 Å². The predicted molar refractivity (Wildman–Crippen MR) is 123 cm³/mol. The molecule has 1 atom stereocenters. The molecular formula is C22H31N3O8S. The Labute approximate surface area is 199 Å². The number of hydrogen-bond donors (Lipinski definition) is 0. The van der Waals surface area contributed by atoms with Gasteiger partial charge >= 0.3 is 12.2 Å². The molecule has 1 unspecified atom stereocenters. The molecule has 0 radical (unpaired) electrons. The zero-order valence-corrected chi connectivity index (χ0v) is 20.9. The first-order valence-corrected chi connectivity index (χ1v) is 12.8. The van der Waals surface area contributed by atoms with E-state index in [1.54, 1.807) is 20.8 Å². The molecule has 0 aromatic heterocycles. The van der Waals surface area contributed by atoms with Crippen LogP contribution in [0.4, 0.5) is 15.3 Å². The molecule has 188 valence electrons. The number of carbonyl (C=O) groups is 3. The molecule has 11 nitrogen and oxygen atoms in total. The molecule has 0 spiro atoms. The van der Waals surface area contributed by atoms with Gasteiger partial charge in [-0.2, -0.15) is 0 Å². The van der Waals surface area contributed by atoms with Crippen LogP contribution in [0.3, 0.4) is 0 Å². The highest BCUT2D eigenvalue weighted by Gasteiger charge is 2.36. The van der Waals surface area contributed by atoms with Crippen molar-refractivity contribution in [3.05, 3.63) is 23.8 Å². The molecule has 0 bridgehead atoms. The minimum atomic E-state index is -3.80. The van der Waals surface area contributed by atoms with Crippen molar-refractivity contribution in [3.8, 4) is 0 Å². The highest BCUT2D eigenvalue weighted by Crippen LogP contribution is 2.29. The Morgan fingerprint density at radius 2 is 1.74 bits per heavy atom. The second-order valence-corrected chi connectivity index (χ2v) is 11.3. The number of nitrogens with zero attached hydrogens (tertiary/aromatic N) is 3. The van der Waals surface area contributed by atoms with Crippen molar-refractivity contribution in [3.63, 3.8) is 0 Å². The second-order valence-electron chi connectivity index (χ2n) is 9.27. The zero-order valence-electron chi connectivity index (χ0n) is 20.1. The Balaban J connectivity index is 1.81. The lowest BCUT2D eigenvalue weighted by molar-refractivity contribution is 0.0140. The number of methoxy groups -OCH3 is 1. The number of hydrogen-bond acceptors (Lipinski definition) is 8. The third-order valence-corrected chi connectivity index (χ3v) is 6.55. The Morgan fingerprint density at radius 3 is 2.29 bits per heavy atom. The molecule has 0 saturated carbocycles. The Bertz CT molecular complexity index is 1060. The van der Waals surface area contributed by atoms with Crippen molar-refractivity contribution < 1.29 is 37.0 Å². The summed E-state index contributed by atoms with van der Waals surface area (Å²) in [6.07, 6.45) is -0.0547. The van der Waals surface area contributed by atoms with Crippen LogP contribution in [-0.2, 0) is 24.0 Å². The first-order valence-electron chi connectivity index (χ1n) is 10.9. The van der Waals surface area contributed by atoms with E-state index in [9.17, 15) is 22.8 Å². The smallest absolute Gasteiger partial charge is 0.414 e. The molecule has 12 heteroatoms. The highest BCUT2D eigenvalue weighted by atomic mass is 32.2. The number of anilines is 1. The summed E-state index contributed by atoms with van der Waals surface area (Å²) in [6.45, 7) is 6.67. The first kappa shape index (κ1) is 25.8. The van der Waals surface area contributed by atoms with E-state index in [0.717, 1.165) is 6.26 Å². The van der Waals surface area contributed by atoms with Crippen LogP contribution >= 0.6 is 0 Å². The molecule has 0 aliphatic carbocycles. The summed E-state index contributed by atoms with van der Waals surface area (Å²) in [7, 11) is -2.31. The minimum absolute atomic E-state index is 0.00724. The SMILES string of the molecule is COCC1COC(=O)N1c1ccc(C(=O)N2CCN(C(=O)OC(C)(C)C)CC2)c(S(C)(=O)=O)c1. The standard InChI is InChI=1S/C22H31N3O8S/c1-22(2,3)33-20(27)24-10-8-23(9-11-24)19(26)17-7-6-15(12-18(17)34(5,29)30)25-16(13-31-4)14-32-21(25)28/h6-7,12,16H,8-11,13-14H2,1-5H3. The summed E-state index contributed by atoms with van der Waals surface area (Å²) in [4.78, 5) is 41.9. The summed E-state index contributed by atoms with van der Waals surface area (Å²) in [5, 5.41) is 0. The van der Waals surface area contributed by atoms with E-state index < -0.39 is 39.6 Å². The van der Waals surface area contributed by atoms with E-state index in [4.69, 9.17) is 14.2 Å². The molecule has 3 rings (SSSR count). The largest absolute Gasteiger partial charge is 0.447 e. The molecule has 34 heavy (non-hydrogen) atoms. The number of carbonyl (C=O) groups excluding carboxylic acids is 3. The van der Waals surface area contributed by atoms with E-state index in [1.165, 1.54) is 40.0 Å². The molecule has 2 heterocycles. The quantitative estimate of drug-likeness (QED) is 0.603. The summed E-state index contributed by atoms with van der Waals surface area (Å²) >= 11 is 0. The Hall–Kier alpha value is -2.86. The van der Waals surface area contributed by atoms with Crippen LogP contribution < -0.4 is 4.90 Å². The molecule has 2 aliphatic rings. The molecule has 1 aromatic rings. The van der Waals surface area contributed by atoms with Gasteiger partial charge in [-0.3, -0.25) is 9.69 Å². The first-order chi connectivity index (χ1) is 15.8. The lowest BCUT2D eigenvalue weighted by Gasteiger charge is -2.35. The highest BCUT2D eigenvalue weighted by molar-refractivity contribution is 7.90. The van der Waals surface area contributed by atoms with Gasteiger partial charge in [0.1, 0.15) is 12.2 Å². The van der Waals surface area contributed by atoms with Gasteiger partial charge in [-0.05, 0) is 39.0 Å². The third-order valence-electron chi connectivity index (χ3n) is 5.41. The molecule has 1 aromatic carbocycles. The maximum Gasteiger partial charge on any atom is 0.414 e. The lowest BCUT2D eigenvalue weighted by atomic mass is 10.1. The van der Waals surface area contributed by atoms with E-state index in [2.05, 4.69) is 0 Å². The van der Waals surface area contributed by atoms with Crippen molar-refractivity contribution in [2.75, 3.05) is 57.7 Å². The maximum atomic E-state index is 13.2. The number of benzene rings is 1. The fourth-order valence-corrected chi connectivity index (χ4v) is 4.71. The molecule has 2 aliphatic heterocycles. The molecule has 2 fully saturated rings. The topological polar surface area (TPSA) is 123 Å². The number of amides is 3. The molecule has 3 amide bonds. The van der Waals surface area contributed by atoms with Gasteiger partial charge in [0.05, 0.1) is 23.1 Å². The van der Waals surface area contributed by atoms with Gasteiger partial charge in [0.15, 0.2) is 9.84 Å². The van der Waals surface area contributed by atoms with Gasteiger partial charge in [-0.15, -0.1) is 0 Å². The second kappa shape index (κ2) is 9.79. The van der Waals surface area contributed by atoms with Crippen LogP contribution in [0, 0.1) is 0 Å². The summed E-state index contributed by atoms with van der Waals surface area (Å²) in [5.41, 5.74) is -0.315.